The summed E-state index contributed by atoms with van der Waals surface area (Å²) in [4.78, 5) is 39.8. The Bertz CT molecular complexity index is 232. The average molecular weight is 188 g/mol. The van der Waals surface area contributed by atoms with Crippen LogP contribution in [0, 0.1) is 0 Å². The second-order valence-electron chi connectivity index (χ2n) is 2.31. The molecule has 6 heteroatoms. The molecule has 1 fully saturated rings. The highest BCUT2D eigenvalue weighted by Crippen LogP contribution is 2.06. The zero-order chi connectivity index (χ0) is 10.4. The van der Waals surface area contributed by atoms with Crippen molar-refractivity contribution in [3.63, 3.8) is 0 Å². The highest BCUT2D eigenvalue weighted by molar-refractivity contribution is 6.64. The summed E-state index contributed by atoms with van der Waals surface area (Å²) >= 11 is 0. The lowest BCUT2D eigenvalue weighted by molar-refractivity contribution is -0.145. The Morgan fingerprint density at radius 2 is 1.31 bits per heavy atom. The molecule has 0 spiro atoms. The number of Topliss-reactive ketones (excluding diaryl/α,β-unsaturated/α-hetero) is 3. The average Bonchev–Trinajstić information content (AvgIpc) is 1.99. The fourth-order valence-electron chi connectivity index (χ4n) is 0.792. The SMILES string of the molecule is O=C(O)O.O=C1CCCC(=O)C1=O. The van der Waals surface area contributed by atoms with Crippen LogP contribution in [0.2, 0.25) is 0 Å². The van der Waals surface area contributed by atoms with E-state index in [4.69, 9.17) is 15.0 Å². The molecular formula is C7H8O6. The van der Waals surface area contributed by atoms with E-state index in [0.29, 0.717) is 6.42 Å². The van der Waals surface area contributed by atoms with Gasteiger partial charge in [0.1, 0.15) is 0 Å². The number of hydrogen-bond acceptors (Lipinski definition) is 4. The third-order valence-electron chi connectivity index (χ3n) is 1.31. The highest BCUT2D eigenvalue weighted by Gasteiger charge is 2.26. The van der Waals surface area contributed by atoms with E-state index < -0.39 is 23.5 Å². The molecule has 0 aromatic carbocycles. The van der Waals surface area contributed by atoms with Gasteiger partial charge in [-0.25, -0.2) is 4.79 Å². The molecule has 72 valence electrons. The summed E-state index contributed by atoms with van der Waals surface area (Å²) in [7, 11) is 0. The molecule has 0 aliphatic heterocycles. The van der Waals surface area contributed by atoms with Gasteiger partial charge in [-0.2, -0.15) is 0 Å². The van der Waals surface area contributed by atoms with E-state index in [0.717, 1.165) is 0 Å². The molecule has 0 saturated heterocycles. The first-order valence-electron chi connectivity index (χ1n) is 3.47. The van der Waals surface area contributed by atoms with Gasteiger partial charge in [0.15, 0.2) is 0 Å². The van der Waals surface area contributed by atoms with Crippen LogP contribution in [-0.2, 0) is 14.4 Å². The summed E-state index contributed by atoms with van der Waals surface area (Å²) in [5, 5.41) is 13.9. The van der Waals surface area contributed by atoms with Gasteiger partial charge in [-0.1, -0.05) is 0 Å². The molecule has 0 bridgehead atoms. The third kappa shape index (κ3) is 4.67. The normalized spacial score (nSPS) is 16.2. The van der Waals surface area contributed by atoms with Crippen molar-refractivity contribution in [2.24, 2.45) is 0 Å². The number of hydrogen-bond donors (Lipinski definition) is 2. The van der Waals surface area contributed by atoms with Crippen molar-refractivity contribution < 1.29 is 29.4 Å². The molecular weight excluding hydrogens is 180 g/mol. The molecule has 0 aromatic heterocycles. The van der Waals surface area contributed by atoms with Gasteiger partial charge in [-0.05, 0) is 6.42 Å². The van der Waals surface area contributed by atoms with E-state index in [1.165, 1.54) is 0 Å². The first-order valence-corrected chi connectivity index (χ1v) is 3.47. The number of carboxylic acid groups (broad SMARTS) is 2. The predicted octanol–water partition coefficient (Wildman–Crippen LogP) is 0.100. The van der Waals surface area contributed by atoms with Crippen molar-refractivity contribution in [1.82, 2.24) is 0 Å². The first-order chi connectivity index (χ1) is 5.95. The van der Waals surface area contributed by atoms with Gasteiger partial charge in [0.2, 0.25) is 11.6 Å². The first kappa shape index (κ1) is 11.3. The molecule has 1 rings (SSSR count). The number of carbonyl (C=O) groups is 4. The largest absolute Gasteiger partial charge is 0.503 e. The van der Waals surface area contributed by atoms with Crippen LogP contribution in [-0.4, -0.2) is 33.7 Å². The molecule has 6 nitrogen and oxygen atoms in total. The number of ketones is 3. The maximum Gasteiger partial charge on any atom is 0.503 e. The Labute approximate surface area is 73.2 Å². The Kier molecular flexibility index (Phi) is 4.36. The Balaban J connectivity index is 0.000000310. The molecule has 1 saturated carbocycles. The van der Waals surface area contributed by atoms with E-state index in [2.05, 4.69) is 0 Å². The lowest BCUT2D eigenvalue weighted by Gasteiger charge is -2.03. The fraction of sp³-hybridized carbons (Fsp3) is 0.429. The van der Waals surface area contributed by atoms with Gasteiger partial charge in [0, 0.05) is 12.8 Å². The van der Waals surface area contributed by atoms with Gasteiger partial charge in [0.05, 0.1) is 0 Å². The van der Waals surface area contributed by atoms with Crippen LogP contribution in [0.4, 0.5) is 4.79 Å². The molecule has 0 radical (unpaired) electrons. The van der Waals surface area contributed by atoms with Crippen LogP contribution in [0.15, 0.2) is 0 Å². The van der Waals surface area contributed by atoms with Crippen molar-refractivity contribution in [2.75, 3.05) is 0 Å². The van der Waals surface area contributed by atoms with E-state index in [9.17, 15) is 14.4 Å². The molecule has 0 aromatic rings. The van der Waals surface area contributed by atoms with Crippen molar-refractivity contribution in [3.05, 3.63) is 0 Å². The summed E-state index contributed by atoms with van der Waals surface area (Å²) in [6, 6.07) is 0. The minimum atomic E-state index is -1.83. The summed E-state index contributed by atoms with van der Waals surface area (Å²) in [6.45, 7) is 0. The quantitative estimate of drug-likeness (QED) is 0.522. The minimum Gasteiger partial charge on any atom is -0.450 e. The Morgan fingerprint density at radius 3 is 1.54 bits per heavy atom. The van der Waals surface area contributed by atoms with Crippen molar-refractivity contribution >= 4 is 23.5 Å². The van der Waals surface area contributed by atoms with Gasteiger partial charge < -0.3 is 10.2 Å². The minimum absolute atomic E-state index is 0.255. The van der Waals surface area contributed by atoms with Crippen LogP contribution in [0.1, 0.15) is 19.3 Å². The smallest absolute Gasteiger partial charge is 0.450 e. The standard InChI is InChI=1S/C6H6O3.CH2O3/c7-4-2-1-3-5(8)6(4)9;2-1(3)4/h1-3H2;(H2,2,3,4). The van der Waals surface area contributed by atoms with Crippen molar-refractivity contribution in [3.8, 4) is 0 Å². The van der Waals surface area contributed by atoms with Crippen molar-refractivity contribution in [2.45, 2.75) is 19.3 Å². The van der Waals surface area contributed by atoms with Crippen LogP contribution in [0.5, 0.6) is 0 Å². The second kappa shape index (κ2) is 5.02. The zero-order valence-corrected chi connectivity index (χ0v) is 6.65. The van der Waals surface area contributed by atoms with E-state index in [1.54, 1.807) is 0 Å². The number of rotatable bonds is 0. The molecule has 0 amide bonds. The van der Waals surface area contributed by atoms with Gasteiger partial charge in [0.25, 0.3) is 5.78 Å². The van der Waals surface area contributed by atoms with Gasteiger partial charge in [-0.15, -0.1) is 0 Å². The maximum absolute atomic E-state index is 10.4. The second-order valence-corrected chi connectivity index (χ2v) is 2.31. The maximum atomic E-state index is 10.4. The molecule has 2 N–H and O–H groups in total. The summed E-state index contributed by atoms with van der Waals surface area (Å²) < 4.78 is 0. The lowest BCUT2D eigenvalue weighted by Crippen LogP contribution is -2.27. The third-order valence-corrected chi connectivity index (χ3v) is 1.31. The van der Waals surface area contributed by atoms with Crippen molar-refractivity contribution in [1.29, 1.82) is 0 Å². The predicted molar refractivity (Wildman–Crippen MR) is 39.5 cm³/mol. The van der Waals surface area contributed by atoms with Crippen LogP contribution >= 0.6 is 0 Å². The van der Waals surface area contributed by atoms with E-state index in [-0.39, 0.29) is 12.8 Å². The van der Waals surface area contributed by atoms with E-state index >= 15 is 0 Å². The van der Waals surface area contributed by atoms with Gasteiger partial charge in [-0.3, -0.25) is 14.4 Å². The monoisotopic (exact) mass is 188 g/mol. The summed E-state index contributed by atoms with van der Waals surface area (Å²) in [6.07, 6.45) is -0.779. The molecule has 0 unspecified atom stereocenters. The number of carbonyl (C=O) groups excluding carboxylic acids is 3. The van der Waals surface area contributed by atoms with Crippen LogP contribution in [0.3, 0.4) is 0 Å². The van der Waals surface area contributed by atoms with Crippen LogP contribution in [0.25, 0.3) is 0 Å². The lowest BCUT2D eigenvalue weighted by atomic mass is 9.97. The topological polar surface area (TPSA) is 109 Å². The van der Waals surface area contributed by atoms with Gasteiger partial charge >= 0.3 is 6.16 Å². The molecule has 1 aliphatic carbocycles. The summed E-state index contributed by atoms with van der Waals surface area (Å²) in [5.74, 6) is -1.85. The fourth-order valence-corrected chi connectivity index (χ4v) is 0.792. The van der Waals surface area contributed by atoms with E-state index in [1.807, 2.05) is 0 Å². The zero-order valence-electron chi connectivity index (χ0n) is 6.65. The summed E-state index contributed by atoms with van der Waals surface area (Å²) in [5.41, 5.74) is 0. The molecule has 1 aliphatic rings. The highest BCUT2D eigenvalue weighted by atomic mass is 16.6. The van der Waals surface area contributed by atoms with Crippen LogP contribution < -0.4 is 0 Å². The Morgan fingerprint density at radius 1 is 1.00 bits per heavy atom. The Hall–Kier alpha value is -1.72. The molecule has 0 heterocycles. The molecule has 13 heavy (non-hydrogen) atoms. The molecule has 0 atom stereocenters.